The number of aryl methyl sites for hydroxylation is 1. The van der Waals surface area contributed by atoms with E-state index in [-0.39, 0.29) is 22.2 Å². The van der Waals surface area contributed by atoms with Gasteiger partial charge in [-0.15, -0.1) is 0 Å². The van der Waals surface area contributed by atoms with Crippen LogP contribution in [0.4, 0.5) is 9.18 Å². The van der Waals surface area contributed by atoms with E-state index in [1.165, 1.54) is 24.3 Å². The Balaban J connectivity index is 1.87. The molecular formula is C18H13ClFNO3S. The molecule has 0 unspecified atom stereocenters. The van der Waals surface area contributed by atoms with Crippen LogP contribution in [0.15, 0.2) is 41.3 Å². The molecule has 25 heavy (non-hydrogen) atoms. The highest BCUT2D eigenvalue weighted by Gasteiger charge is 2.35. The molecular weight excluding hydrogens is 365 g/mol. The summed E-state index contributed by atoms with van der Waals surface area (Å²) in [5, 5.41) is 9.61. The number of halogens is 2. The van der Waals surface area contributed by atoms with Crippen LogP contribution in [-0.4, -0.2) is 21.2 Å². The van der Waals surface area contributed by atoms with Crippen LogP contribution in [0, 0.1) is 12.7 Å². The molecule has 0 bridgehead atoms. The number of thioether (sulfide) groups is 1. The fourth-order valence-corrected chi connectivity index (χ4v) is 3.44. The monoisotopic (exact) mass is 377 g/mol. The van der Waals surface area contributed by atoms with Gasteiger partial charge in [0.05, 0.1) is 11.4 Å². The van der Waals surface area contributed by atoms with Gasteiger partial charge < -0.3 is 5.11 Å². The Labute approximate surface area is 152 Å². The second-order valence-electron chi connectivity index (χ2n) is 5.57. The summed E-state index contributed by atoms with van der Waals surface area (Å²) in [6.07, 6.45) is 1.49. The van der Waals surface area contributed by atoms with Crippen molar-refractivity contribution in [1.82, 2.24) is 4.90 Å². The van der Waals surface area contributed by atoms with Crippen molar-refractivity contribution >= 4 is 40.6 Å². The second kappa shape index (κ2) is 6.90. The number of hydrogen-bond acceptors (Lipinski definition) is 4. The number of phenolic OH excluding ortho intramolecular Hbond substituents is 1. The molecule has 7 heteroatoms. The molecule has 1 N–H and O–H groups in total. The maximum absolute atomic E-state index is 13.1. The van der Waals surface area contributed by atoms with Crippen molar-refractivity contribution in [3.63, 3.8) is 0 Å². The lowest BCUT2D eigenvalue weighted by molar-refractivity contribution is -0.123. The van der Waals surface area contributed by atoms with Crippen LogP contribution >= 0.6 is 23.4 Å². The largest absolute Gasteiger partial charge is 0.507 e. The van der Waals surface area contributed by atoms with Gasteiger partial charge >= 0.3 is 0 Å². The van der Waals surface area contributed by atoms with Crippen LogP contribution in [0.25, 0.3) is 6.08 Å². The van der Waals surface area contributed by atoms with E-state index in [1.807, 2.05) is 6.92 Å². The molecule has 1 fully saturated rings. The number of carbonyl (C=O) groups is 2. The van der Waals surface area contributed by atoms with Gasteiger partial charge in [0.15, 0.2) is 0 Å². The Kier molecular flexibility index (Phi) is 4.83. The minimum atomic E-state index is -0.488. The van der Waals surface area contributed by atoms with Crippen molar-refractivity contribution in [2.24, 2.45) is 0 Å². The molecule has 1 aliphatic rings. The topological polar surface area (TPSA) is 57.6 Å². The van der Waals surface area contributed by atoms with E-state index in [4.69, 9.17) is 11.6 Å². The molecule has 1 aliphatic heterocycles. The summed E-state index contributed by atoms with van der Waals surface area (Å²) in [4.78, 5) is 25.9. The van der Waals surface area contributed by atoms with Crippen LogP contribution in [-0.2, 0) is 11.3 Å². The number of aromatic hydroxyl groups is 1. The van der Waals surface area contributed by atoms with Crippen molar-refractivity contribution < 1.29 is 19.1 Å². The first-order valence-corrected chi connectivity index (χ1v) is 8.53. The minimum Gasteiger partial charge on any atom is -0.507 e. The maximum Gasteiger partial charge on any atom is 0.293 e. The number of phenols is 1. The number of amides is 2. The molecule has 128 valence electrons. The summed E-state index contributed by atoms with van der Waals surface area (Å²) in [5.41, 5.74) is 1.86. The van der Waals surface area contributed by atoms with E-state index >= 15 is 0 Å². The number of nitrogens with zero attached hydrogens (tertiary/aromatic N) is 1. The van der Waals surface area contributed by atoms with Gasteiger partial charge in [-0.05, 0) is 54.6 Å². The van der Waals surface area contributed by atoms with E-state index in [0.29, 0.717) is 11.1 Å². The van der Waals surface area contributed by atoms with Crippen LogP contribution in [0.2, 0.25) is 5.02 Å². The first kappa shape index (κ1) is 17.5. The Bertz CT molecular complexity index is 913. The smallest absolute Gasteiger partial charge is 0.293 e. The minimum absolute atomic E-state index is 0.0268. The molecule has 0 atom stereocenters. The zero-order valence-electron chi connectivity index (χ0n) is 13.1. The van der Waals surface area contributed by atoms with Gasteiger partial charge in [-0.2, -0.15) is 0 Å². The molecule has 3 rings (SSSR count). The van der Waals surface area contributed by atoms with E-state index in [9.17, 15) is 19.1 Å². The van der Waals surface area contributed by atoms with Crippen LogP contribution < -0.4 is 0 Å². The van der Waals surface area contributed by atoms with Gasteiger partial charge in [-0.3, -0.25) is 14.5 Å². The molecule has 0 radical (unpaired) electrons. The molecule has 1 saturated heterocycles. The average Bonchev–Trinajstić information content (AvgIpc) is 2.81. The lowest BCUT2D eigenvalue weighted by atomic mass is 10.1. The third-order valence-corrected chi connectivity index (χ3v) is 4.95. The van der Waals surface area contributed by atoms with E-state index < -0.39 is 17.0 Å². The standard InChI is InChI=1S/C18H13ClFNO3S/c1-10-2-5-15(22)12(6-10)7-16-17(23)21(18(24)25-16)9-11-3-4-13(20)8-14(11)19/h2-8,22H,9H2,1H3/b16-7-. The van der Waals surface area contributed by atoms with Crippen molar-refractivity contribution in [1.29, 1.82) is 0 Å². The van der Waals surface area contributed by atoms with Crippen molar-refractivity contribution in [2.45, 2.75) is 13.5 Å². The molecule has 0 spiro atoms. The lowest BCUT2D eigenvalue weighted by Gasteiger charge is -2.13. The molecule has 2 aromatic carbocycles. The average molecular weight is 378 g/mol. The maximum atomic E-state index is 13.1. The first-order valence-electron chi connectivity index (χ1n) is 7.34. The molecule has 0 saturated carbocycles. The molecule has 4 nitrogen and oxygen atoms in total. The summed E-state index contributed by atoms with van der Waals surface area (Å²) in [7, 11) is 0. The summed E-state index contributed by atoms with van der Waals surface area (Å²) >= 11 is 6.75. The van der Waals surface area contributed by atoms with Crippen LogP contribution in [0.5, 0.6) is 5.75 Å². The Hall–Kier alpha value is -2.31. The quantitative estimate of drug-likeness (QED) is 0.785. The van der Waals surface area contributed by atoms with Crippen molar-refractivity contribution in [3.05, 3.63) is 68.8 Å². The third kappa shape index (κ3) is 3.70. The van der Waals surface area contributed by atoms with Crippen LogP contribution in [0.1, 0.15) is 16.7 Å². The lowest BCUT2D eigenvalue weighted by Crippen LogP contribution is -2.27. The highest BCUT2D eigenvalue weighted by atomic mass is 35.5. The van der Waals surface area contributed by atoms with Gasteiger partial charge in [-0.25, -0.2) is 4.39 Å². The zero-order chi connectivity index (χ0) is 18.1. The molecule has 1 heterocycles. The van der Waals surface area contributed by atoms with Gasteiger partial charge in [0.1, 0.15) is 11.6 Å². The summed E-state index contributed by atoms with van der Waals surface area (Å²) in [5.74, 6) is -0.937. The first-order chi connectivity index (χ1) is 11.8. The van der Waals surface area contributed by atoms with E-state index in [0.717, 1.165) is 28.3 Å². The number of hydrogen-bond donors (Lipinski definition) is 1. The second-order valence-corrected chi connectivity index (χ2v) is 6.97. The fraction of sp³-hybridized carbons (Fsp3) is 0.111. The predicted octanol–water partition coefficient (Wildman–Crippen LogP) is 4.73. The predicted molar refractivity (Wildman–Crippen MR) is 95.8 cm³/mol. The number of rotatable bonds is 3. The highest BCUT2D eigenvalue weighted by Crippen LogP contribution is 2.35. The Morgan fingerprint density at radius 3 is 2.72 bits per heavy atom. The van der Waals surface area contributed by atoms with Gasteiger partial charge in [0.25, 0.3) is 11.1 Å². The zero-order valence-corrected chi connectivity index (χ0v) is 14.7. The Morgan fingerprint density at radius 1 is 1.24 bits per heavy atom. The summed E-state index contributed by atoms with van der Waals surface area (Å²) in [6, 6.07) is 8.80. The summed E-state index contributed by atoms with van der Waals surface area (Å²) < 4.78 is 13.1. The van der Waals surface area contributed by atoms with Gasteiger partial charge in [-0.1, -0.05) is 29.3 Å². The molecule has 2 amide bonds. The summed E-state index contributed by atoms with van der Waals surface area (Å²) in [6.45, 7) is 1.82. The molecule has 2 aromatic rings. The van der Waals surface area contributed by atoms with Crippen molar-refractivity contribution in [3.8, 4) is 5.75 Å². The third-order valence-electron chi connectivity index (χ3n) is 3.69. The van der Waals surface area contributed by atoms with E-state index in [2.05, 4.69) is 0 Å². The Morgan fingerprint density at radius 2 is 2.00 bits per heavy atom. The molecule has 0 aliphatic carbocycles. The number of carbonyl (C=O) groups excluding carboxylic acids is 2. The highest BCUT2D eigenvalue weighted by molar-refractivity contribution is 8.18. The molecule has 0 aromatic heterocycles. The van der Waals surface area contributed by atoms with Gasteiger partial charge in [0.2, 0.25) is 0 Å². The normalized spacial score (nSPS) is 16.1. The number of imide groups is 1. The van der Waals surface area contributed by atoms with E-state index in [1.54, 1.807) is 12.1 Å². The number of benzene rings is 2. The SMILES string of the molecule is Cc1ccc(O)c(/C=C2\SC(=O)N(Cc3ccc(F)cc3Cl)C2=O)c1. The fourth-order valence-electron chi connectivity index (χ4n) is 2.39. The van der Waals surface area contributed by atoms with Crippen LogP contribution in [0.3, 0.4) is 0 Å². The van der Waals surface area contributed by atoms with Gasteiger partial charge in [0, 0.05) is 10.6 Å². The van der Waals surface area contributed by atoms with Crippen molar-refractivity contribution in [2.75, 3.05) is 0 Å².